The lowest BCUT2D eigenvalue weighted by Crippen LogP contribution is -2.47. The first-order chi connectivity index (χ1) is 15.8. The Bertz CT molecular complexity index is 1050. The SMILES string of the molecule is CCOC(=O)C1CCCN(C(=O)CN(C)C(=O)CCn2c(-c3ccc(C)cc3)n[nH]c2=S)C1. The van der Waals surface area contributed by atoms with E-state index in [-0.39, 0.29) is 36.7 Å². The third-order valence-electron chi connectivity index (χ3n) is 5.81. The monoisotopic (exact) mass is 473 g/mol. The number of esters is 1. The number of H-pyrrole nitrogens is 1. The van der Waals surface area contributed by atoms with Gasteiger partial charge in [0.15, 0.2) is 10.6 Å². The lowest BCUT2D eigenvalue weighted by Gasteiger charge is -2.32. The summed E-state index contributed by atoms with van der Waals surface area (Å²) < 4.78 is 7.33. The Morgan fingerprint density at radius 1 is 1.27 bits per heavy atom. The zero-order valence-electron chi connectivity index (χ0n) is 19.4. The van der Waals surface area contributed by atoms with Crippen LogP contribution in [0.25, 0.3) is 11.4 Å². The number of rotatable bonds is 8. The molecule has 3 rings (SSSR count). The van der Waals surface area contributed by atoms with Gasteiger partial charge in [0.25, 0.3) is 0 Å². The number of aromatic nitrogens is 3. The molecule has 0 radical (unpaired) electrons. The van der Waals surface area contributed by atoms with Crippen LogP contribution in [0.1, 0.15) is 31.7 Å². The molecule has 2 aromatic rings. The van der Waals surface area contributed by atoms with Crippen LogP contribution in [-0.4, -0.2) is 75.6 Å². The summed E-state index contributed by atoms with van der Waals surface area (Å²) >= 11 is 5.34. The Balaban J connectivity index is 1.56. The number of likely N-dealkylation sites (tertiary alicyclic amines) is 1. The van der Waals surface area contributed by atoms with Crippen LogP contribution >= 0.6 is 12.2 Å². The molecule has 33 heavy (non-hydrogen) atoms. The van der Waals surface area contributed by atoms with Crippen molar-refractivity contribution in [2.24, 2.45) is 5.92 Å². The fourth-order valence-electron chi connectivity index (χ4n) is 3.89. The van der Waals surface area contributed by atoms with E-state index in [9.17, 15) is 14.4 Å². The number of benzene rings is 1. The maximum absolute atomic E-state index is 12.7. The first kappa shape index (κ1) is 24.6. The first-order valence-electron chi connectivity index (χ1n) is 11.2. The largest absolute Gasteiger partial charge is 0.466 e. The van der Waals surface area contributed by atoms with Crippen molar-refractivity contribution in [3.05, 3.63) is 34.6 Å². The van der Waals surface area contributed by atoms with E-state index in [1.165, 1.54) is 4.90 Å². The van der Waals surface area contributed by atoms with Gasteiger partial charge in [0.1, 0.15) is 0 Å². The number of amides is 2. The van der Waals surface area contributed by atoms with Gasteiger partial charge in [-0.25, -0.2) is 0 Å². The molecule has 0 spiro atoms. The molecule has 1 saturated heterocycles. The highest BCUT2D eigenvalue weighted by Crippen LogP contribution is 2.19. The Morgan fingerprint density at radius 3 is 2.70 bits per heavy atom. The van der Waals surface area contributed by atoms with Crippen molar-refractivity contribution in [1.82, 2.24) is 24.6 Å². The second-order valence-electron chi connectivity index (χ2n) is 8.30. The van der Waals surface area contributed by atoms with E-state index < -0.39 is 0 Å². The van der Waals surface area contributed by atoms with E-state index in [1.807, 2.05) is 31.2 Å². The summed E-state index contributed by atoms with van der Waals surface area (Å²) in [6, 6.07) is 7.92. The summed E-state index contributed by atoms with van der Waals surface area (Å²) in [5.74, 6) is -0.224. The highest BCUT2D eigenvalue weighted by molar-refractivity contribution is 7.71. The number of likely N-dealkylation sites (N-methyl/N-ethyl adjacent to an activating group) is 1. The average molecular weight is 474 g/mol. The Kier molecular flexibility index (Phi) is 8.37. The third kappa shape index (κ3) is 6.28. The molecule has 1 N–H and O–H groups in total. The van der Waals surface area contributed by atoms with Gasteiger partial charge >= 0.3 is 5.97 Å². The zero-order valence-corrected chi connectivity index (χ0v) is 20.2. The number of carbonyl (C=O) groups is 3. The molecule has 0 bridgehead atoms. The molecule has 1 fully saturated rings. The van der Waals surface area contributed by atoms with Crippen molar-refractivity contribution in [3.8, 4) is 11.4 Å². The van der Waals surface area contributed by atoms with E-state index in [0.29, 0.717) is 43.3 Å². The van der Waals surface area contributed by atoms with Crippen LogP contribution in [0.2, 0.25) is 0 Å². The Labute approximate surface area is 198 Å². The number of nitrogens with one attached hydrogen (secondary N) is 1. The topological polar surface area (TPSA) is 101 Å². The fourth-order valence-corrected chi connectivity index (χ4v) is 4.12. The van der Waals surface area contributed by atoms with Gasteiger partial charge in [-0.2, -0.15) is 5.10 Å². The highest BCUT2D eigenvalue weighted by Gasteiger charge is 2.30. The van der Waals surface area contributed by atoms with Crippen molar-refractivity contribution in [2.45, 2.75) is 39.7 Å². The van der Waals surface area contributed by atoms with E-state index in [0.717, 1.165) is 17.5 Å². The van der Waals surface area contributed by atoms with Crippen LogP contribution in [0.4, 0.5) is 0 Å². The molecule has 1 aliphatic heterocycles. The van der Waals surface area contributed by atoms with E-state index in [2.05, 4.69) is 10.2 Å². The van der Waals surface area contributed by atoms with Crippen molar-refractivity contribution in [1.29, 1.82) is 0 Å². The van der Waals surface area contributed by atoms with E-state index in [4.69, 9.17) is 17.0 Å². The standard InChI is InChI=1S/C23H31N5O4S/c1-4-32-22(31)18-6-5-12-27(14-18)20(30)15-26(3)19(29)11-13-28-21(24-25-23(28)33)17-9-7-16(2)8-10-17/h7-10,18H,4-6,11-15H2,1-3H3,(H,25,33). The maximum Gasteiger partial charge on any atom is 0.310 e. The summed E-state index contributed by atoms with van der Waals surface area (Å²) in [7, 11) is 1.61. The average Bonchev–Trinajstić information content (AvgIpc) is 3.18. The minimum atomic E-state index is -0.299. The highest BCUT2D eigenvalue weighted by atomic mass is 32.1. The lowest BCUT2D eigenvalue weighted by molar-refractivity contribution is -0.152. The molecule has 2 heterocycles. The van der Waals surface area contributed by atoms with Crippen LogP contribution in [0.5, 0.6) is 0 Å². The summed E-state index contributed by atoms with van der Waals surface area (Å²) in [5, 5.41) is 7.10. The molecule has 0 aliphatic carbocycles. The van der Waals surface area contributed by atoms with Gasteiger partial charge < -0.3 is 14.5 Å². The number of nitrogens with zero attached hydrogens (tertiary/aromatic N) is 4. The van der Waals surface area contributed by atoms with Gasteiger partial charge in [-0.15, -0.1) is 0 Å². The second-order valence-corrected chi connectivity index (χ2v) is 8.69. The van der Waals surface area contributed by atoms with E-state index >= 15 is 0 Å². The first-order valence-corrected chi connectivity index (χ1v) is 11.6. The van der Waals surface area contributed by atoms with Gasteiger partial charge in [-0.3, -0.25) is 24.0 Å². The molecule has 178 valence electrons. The second kappa shape index (κ2) is 11.2. The molecule has 1 aromatic heterocycles. The van der Waals surface area contributed by atoms with Gasteiger partial charge in [-0.05, 0) is 38.9 Å². The normalized spacial score (nSPS) is 15.8. The van der Waals surface area contributed by atoms with Gasteiger partial charge in [0.2, 0.25) is 11.8 Å². The minimum Gasteiger partial charge on any atom is -0.466 e. The Hall–Kier alpha value is -3.01. The molecule has 1 atom stereocenters. The number of carbonyl (C=O) groups excluding carboxylic acids is 3. The Morgan fingerprint density at radius 2 is 2.00 bits per heavy atom. The number of hydrogen-bond acceptors (Lipinski definition) is 6. The molecule has 9 nitrogen and oxygen atoms in total. The van der Waals surface area contributed by atoms with Crippen LogP contribution in [0.15, 0.2) is 24.3 Å². The molecule has 0 saturated carbocycles. The van der Waals surface area contributed by atoms with Crippen LogP contribution in [0.3, 0.4) is 0 Å². The van der Waals surface area contributed by atoms with Gasteiger partial charge in [0.05, 0.1) is 19.1 Å². The number of aromatic amines is 1. The van der Waals surface area contributed by atoms with Crippen molar-refractivity contribution in [2.75, 3.05) is 33.3 Å². The molecular weight excluding hydrogens is 442 g/mol. The zero-order chi connectivity index (χ0) is 24.0. The van der Waals surface area contributed by atoms with Crippen molar-refractivity contribution >= 4 is 30.0 Å². The van der Waals surface area contributed by atoms with Gasteiger partial charge in [0, 0.05) is 38.7 Å². The molecular formula is C23H31N5O4S. The summed E-state index contributed by atoms with van der Waals surface area (Å²) in [6.45, 7) is 5.35. The molecule has 10 heteroatoms. The number of ether oxygens (including phenoxy) is 1. The molecule has 1 unspecified atom stereocenters. The predicted molar refractivity (Wildman–Crippen MR) is 126 cm³/mol. The van der Waals surface area contributed by atoms with Crippen LogP contribution in [0, 0.1) is 17.6 Å². The summed E-state index contributed by atoms with van der Waals surface area (Å²) in [6.07, 6.45) is 1.64. The molecule has 1 aromatic carbocycles. The summed E-state index contributed by atoms with van der Waals surface area (Å²) in [4.78, 5) is 40.6. The predicted octanol–water partition coefficient (Wildman–Crippen LogP) is 2.57. The maximum atomic E-state index is 12.7. The lowest BCUT2D eigenvalue weighted by atomic mass is 9.98. The van der Waals surface area contributed by atoms with Crippen LogP contribution < -0.4 is 0 Å². The van der Waals surface area contributed by atoms with Crippen molar-refractivity contribution < 1.29 is 19.1 Å². The number of aryl methyl sites for hydroxylation is 1. The van der Waals surface area contributed by atoms with E-state index in [1.54, 1.807) is 23.4 Å². The minimum absolute atomic E-state index is 0.0318. The van der Waals surface area contributed by atoms with Crippen molar-refractivity contribution in [3.63, 3.8) is 0 Å². The summed E-state index contributed by atoms with van der Waals surface area (Å²) in [5.41, 5.74) is 2.05. The quantitative estimate of drug-likeness (QED) is 0.467. The fraction of sp³-hybridized carbons (Fsp3) is 0.522. The third-order valence-corrected chi connectivity index (χ3v) is 6.12. The number of hydrogen-bond donors (Lipinski definition) is 1. The molecule has 2 amide bonds. The number of piperidine rings is 1. The van der Waals surface area contributed by atoms with Crippen LogP contribution in [-0.2, 0) is 25.7 Å². The molecule has 1 aliphatic rings. The van der Waals surface area contributed by atoms with Gasteiger partial charge in [-0.1, -0.05) is 29.8 Å². The smallest absolute Gasteiger partial charge is 0.310 e.